The maximum atomic E-state index is 12.2. The third kappa shape index (κ3) is 7.22. The topological polar surface area (TPSA) is 91.6 Å². The van der Waals surface area contributed by atoms with E-state index in [1.54, 1.807) is 7.05 Å². The summed E-state index contributed by atoms with van der Waals surface area (Å²) in [6.45, 7) is 5.45. The van der Waals surface area contributed by atoms with Crippen LogP contribution in [0.1, 0.15) is 68.9 Å². The maximum Gasteiger partial charge on any atom is 0.227 e. The molecular formula is C23H34IN5O2. The van der Waals surface area contributed by atoms with Gasteiger partial charge in [0.1, 0.15) is 0 Å². The highest BCUT2D eigenvalue weighted by Crippen LogP contribution is 2.27. The molecule has 1 aromatic carbocycles. The standard InChI is InChI=1S/C23H33N5O2.HI/c1-4-17(5-2)21-13-20(30-28-21)15-26-23(24-3)25-14-16-8-6-11-19(12-16)27-22(29)18-9-7-10-18;/h6,8,11-13,17-18H,4-5,7,9-10,14-15H2,1-3H3,(H,27,29)(H2,24,25,26);1H. The van der Waals surface area contributed by atoms with Gasteiger partial charge in [0.2, 0.25) is 5.91 Å². The number of aliphatic imine (C=N–C) groups is 1. The van der Waals surface area contributed by atoms with Crippen LogP contribution < -0.4 is 16.0 Å². The predicted molar refractivity (Wildman–Crippen MR) is 135 cm³/mol. The van der Waals surface area contributed by atoms with Crippen molar-refractivity contribution < 1.29 is 9.32 Å². The van der Waals surface area contributed by atoms with E-state index in [2.05, 4.69) is 39.9 Å². The molecule has 0 spiro atoms. The third-order valence-electron chi connectivity index (χ3n) is 5.77. The van der Waals surface area contributed by atoms with Crippen LogP contribution in [0.25, 0.3) is 0 Å². The second kappa shape index (κ2) is 12.7. The number of nitrogens with zero attached hydrogens (tertiary/aromatic N) is 2. The molecule has 0 saturated heterocycles. The van der Waals surface area contributed by atoms with Crippen LogP contribution in [-0.4, -0.2) is 24.1 Å². The Kier molecular flexibility index (Phi) is 10.3. The fourth-order valence-corrected chi connectivity index (χ4v) is 3.56. The van der Waals surface area contributed by atoms with Gasteiger partial charge in [-0.05, 0) is 43.4 Å². The average molecular weight is 539 g/mol. The van der Waals surface area contributed by atoms with Crippen molar-refractivity contribution in [2.45, 2.75) is 65.0 Å². The van der Waals surface area contributed by atoms with Crippen molar-refractivity contribution in [3.05, 3.63) is 47.3 Å². The van der Waals surface area contributed by atoms with Crippen molar-refractivity contribution >= 4 is 41.5 Å². The summed E-state index contributed by atoms with van der Waals surface area (Å²) in [5.41, 5.74) is 2.92. The molecular weight excluding hydrogens is 505 g/mol. The summed E-state index contributed by atoms with van der Waals surface area (Å²) in [7, 11) is 1.74. The minimum absolute atomic E-state index is 0. The largest absolute Gasteiger partial charge is 0.359 e. The van der Waals surface area contributed by atoms with Crippen molar-refractivity contribution in [3.8, 4) is 0 Å². The van der Waals surface area contributed by atoms with Gasteiger partial charge in [0.05, 0.1) is 12.2 Å². The number of amides is 1. The zero-order valence-corrected chi connectivity index (χ0v) is 20.9. The first-order valence-electron chi connectivity index (χ1n) is 10.9. The molecule has 0 aliphatic heterocycles. The Labute approximate surface area is 201 Å². The lowest BCUT2D eigenvalue weighted by molar-refractivity contribution is -0.122. The van der Waals surface area contributed by atoms with Crippen LogP contribution in [0.15, 0.2) is 39.8 Å². The number of hydrogen-bond donors (Lipinski definition) is 3. The molecule has 1 saturated carbocycles. The van der Waals surface area contributed by atoms with Gasteiger partial charge in [-0.15, -0.1) is 24.0 Å². The van der Waals surface area contributed by atoms with E-state index in [0.29, 0.717) is 25.0 Å². The lowest BCUT2D eigenvalue weighted by atomic mass is 9.85. The van der Waals surface area contributed by atoms with Crippen LogP contribution in [-0.2, 0) is 17.9 Å². The Morgan fingerprint density at radius 3 is 2.58 bits per heavy atom. The van der Waals surface area contributed by atoms with Crippen LogP contribution >= 0.6 is 24.0 Å². The Morgan fingerprint density at radius 2 is 1.94 bits per heavy atom. The molecule has 1 amide bonds. The lowest BCUT2D eigenvalue weighted by Gasteiger charge is -2.24. The zero-order valence-electron chi connectivity index (χ0n) is 18.6. The predicted octanol–water partition coefficient (Wildman–Crippen LogP) is 4.80. The number of halogens is 1. The van der Waals surface area contributed by atoms with Crippen LogP contribution in [0.3, 0.4) is 0 Å². The molecule has 31 heavy (non-hydrogen) atoms. The summed E-state index contributed by atoms with van der Waals surface area (Å²) in [6.07, 6.45) is 5.26. The van der Waals surface area contributed by atoms with Crippen molar-refractivity contribution in [2.24, 2.45) is 10.9 Å². The number of aromatic nitrogens is 1. The minimum atomic E-state index is 0. The molecule has 1 heterocycles. The van der Waals surface area contributed by atoms with Crippen LogP contribution in [0, 0.1) is 5.92 Å². The molecule has 1 aliphatic rings. The van der Waals surface area contributed by atoms with E-state index in [4.69, 9.17) is 4.52 Å². The third-order valence-corrected chi connectivity index (χ3v) is 5.77. The summed E-state index contributed by atoms with van der Waals surface area (Å²) in [6, 6.07) is 9.92. The summed E-state index contributed by atoms with van der Waals surface area (Å²) in [5, 5.41) is 13.8. The molecule has 1 fully saturated rings. The normalized spacial score (nSPS) is 14.0. The second-order valence-electron chi connectivity index (χ2n) is 7.83. The number of anilines is 1. The highest BCUT2D eigenvalue weighted by molar-refractivity contribution is 14.0. The molecule has 0 atom stereocenters. The highest BCUT2D eigenvalue weighted by Gasteiger charge is 2.25. The van der Waals surface area contributed by atoms with Crippen molar-refractivity contribution in [2.75, 3.05) is 12.4 Å². The van der Waals surface area contributed by atoms with Crippen molar-refractivity contribution in [1.29, 1.82) is 0 Å². The number of carbonyl (C=O) groups is 1. The quantitative estimate of drug-likeness (QED) is 0.242. The summed E-state index contributed by atoms with van der Waals surface area (Å²) in [5.74, 6) is 2.22. The van der Waals surface area contributed by atoms with E-state index >= 15 is 0 Å². The Morgan fingerprint density at radius 1 is 1.19 bits per heavy atom. The van der Waals surface area contributed by atoms with Crippen LogP contribution in [0.2, 0.25) is 0 Å². The summed E-state index contributed by atoms with van der Waals surface area (Å²) < 4.78 is 5.46. The van der Waals surface area contributed by atoms with E-state index in [1.165, 1.54) is 0 Å². The van der Waals surface area contributed by atoms with Gasteiger partial charge in [0.15, 0.2) is 11.7 Å². The number of hydrogen-bond acceptors (Lipinski definition) is 4. The number of rotatable bonds is 9. The van der Waals surface area contributed by atoms with Crippen LogP contribution in [0.4, 0.5) is 5.69 Å². The fourth-order valence-electron chi connectivity index (χ4n) is 3.56. The SMILES string of the molecule is CCC(CC)c1cc(CNC(=NC)NCc2cccc(NC(=O)C3CCC3)c2)on1.I. The number of carbonyl (C=O) groups excluding carboxylic acids is 1. The summed E-state index contributed by atoms with van der Waals surface area (Å²) in [4.78, 5) is 16.4. The van der Waals surface area contributed by atoms with E-state index in [1.807, 2.05) is 30.3 Å². The number of guanidine groups is 1. The Hall–Kier alpha value is -2.10. The average Bonchev–Trinajstić information content (AvgIpc) is 3.17. The lowest BCUT2D eigenvalue weighted by Crippen LogP contribution is -2.36. The van der Waals surface area contributed by atoms with Gasteiger partial charge >= 0.3 is 0 Å². The van der Waals surface area contributed by atoms with E-state index < -0.39 is 0 Å². The van der Waals surface area contributed by atoms with E-state index in [9.17, 15) is 4.79 Å². The monoisotopic (exact) mass is 539 g/mol. The first-order valence-corrected chi connectivity index (χ1v) is 10.9. The van der Waals surface area contributed by atoms with Crippen molar-refractivity contribution in [1.82, 2.24) is 15.8 Å². The molecule has 8 heteroatoms. The van der Waals surface area contributed by atoms with Crippen LogP contribution in [0.5, 0.6) is 0 Å². The molecule has 1 aliphatic carbocycles. The van der Waals surface area contributed by atoms with E-state index in [0.717, 1.165) is 54.8 Å². The van der Waals surface area contributed by atoms with Gasteiger partial charge in [-0.25, -0.2) is 0 Å². The van der Waals surface area contributed by atoms with Gasteiger partial charge < -0.3 is 20.5 Å². The molecule has 2 aromatic rings. The second-order valence-corrected chi connectivity index (χ2v) is 7.83. The molecule has 1 aromatic heterocycles. The molecule has 3 rings (SSSR count). The minimum Gasteiger partial charge on any atom is -0.359 e. The first kappa shape index (κ1) is 25.2. The number of nitrogens with one attached hydrogen (secondary N) is 3. The Bertz CT molecular complexity index is 859. The maximum absolute atomic E-state index is 12.2. The van der Waals surface area contributed by atoms with Gasteiger partial charge in [-0.3, -0.25) is 9.79 Å². The van der Waals surface area contributed by atoms with Gasteiger partial charge in [-0.1, -0.05) is 37.6 Å². The zero-order chi connectivity index (χ0) is 21.3. The molecule has 0 radical (unpaired) electrons. The smallest absolute Gasteiger partial charge is 0.227 e. The molecule has 0 unspecified atom stereocenters. The molecule has 0 bridgehead atoms. The molecule has 7 nitrogen and oxygen atoms in total. The number of benzene rings is 1. The first-order chi connectivity index (χ1) is 14.6. The highest BCUT2D eigenvalue weighted by atomic mass is 127. The van der Waals surface area contributed by atoms with Gasteiger partial charge in [0.25, 0.3) is 0 Å². The van der Waals surface area contributed by atoms with E-state index in [-0.39, 0.29) is 35.8 Å². The summed E-state index contributed by atoms with van der Waals surface area (Å²) >= 11 is 0. The fraction of sp³-hybridized carbons (Fsp3) is 0.522. The molecule has 3 N–H and O–H groups in total. The van der Waals surface area contributed by atoms with Gasteiger partial charge in [0, 0.05) is 37.2 Å². The molecule has 170 valence electrons. The van der Waals surface area contributed by atoms with Gasteiger partial charge in [-0.2, -0.15) is 0 Å². The Balaban J connectivity index is 0.00000341. The van der Waals surface area contributed by atoms with Crippen molar-refractivity contribution in [3.63, 3.8) is 0 Å².